The second kappa shape index (κ2) is 8.30. The van der Waals surface area contributed by atoms with Gasteiger partial charge in [-0.25, -0.2) is 0 Å². The molecule has 2 aliphatic heterocycles. The number of rotatable bonds is 4. The Hall–Kier alpha value is -2.14. The smallest absolute Gasteiger partial charge is 0.247 e. The molecule has 5 heteroatoms. The van der Waals surface area contributed by atoms with E-state index in [4.69, 9.17) is 4.74 Å². The number of carbonyl (C=O) groups excluding carboxylic acids is 2. The van der Waals surface area contributed by atoms with E-state index in [9.17, 15) is 9.59 Å². The monoisotopic (exact) mass is 342 g/mol. The summed E-state index contributed by atoms with van der Waals surface area (Å²) in [5.41, 5.74) is 2.07. The molecule has 0 aliphatic carbocycles. The molecule has 5 nitrogen and oxygen atoms in total. The van der Waals surface area contributed by atoms with E-state index >= 15 is 0 Å². The zero-order valence-corrected chi connectivity index (χ0v) is 14.8. The van der Waals surface area contributed by atoms with Gasteiger partial charge >= 0.3 is 0 Å². The van der Waals surface area contributed by atoms with Crippen molar-refractivity contribution in [2.75, 3.05) is 32.8 Å². The average Bonchev–Trinajstić information content (AvgIpc) is 3.16. The van der Waals surface area contributed by atoms with E-state index in [0.717, 1.165) is 30.4 Å². The maximum absolute atomic E-state index is 12.8. The van der Waals surface area contributed by atoms with Crippen molar-refractivity contribution in [1.82, 2.24) is 9.80 Å². The van der Waals surface area contributed by atoms with Gasteiger partial charge in [0.2, 0.25) is 11.8 Å². The Balaban J connectivity index is 1.73. The van der Waals surface area contributed by atoms with Crippen molar-refractivity contribution in [3.8, 4) is 0 Å². The molecule has 1 atom stereocenters. The quantitative estimate of drug-likeness (QED) is 0.789. The number of morpholine rings is 1. The number of nitrogens with zero attached hydrogens (tertiary/aromatic N) is 2. The Morgan fingerprint density at radius 3 is 2.56 bits per heavy atom. The summed E-state index contributed by atoms with van der Waals surface area (Å²) >= 11 is 0. The molecule has 2 heterocycles. The second-order valence-electron chi connectivity index (χ2n) is 6.52. The fraction of sp³-hybridized carbons (Fsp3) is 0.500. The first-order valence-corrected chi connectivity index (χ1v) is 9.14. The number of likely N-dealkylation sites (tertiary alicyclic amines) is 1. The molecule has 3 rings (SSSR count). The van der Waals surface area contributed by atoms with Gasteiger partial charge in [-0.1, -0.05) is 37.3 Å². The van der Waals surface area contributed by atoms with Crippen molar-refractivity contribution in [2.45, 2.75) is 32.2 Å². The van der Waals surface area contributed by atoms with Gasteiger partial charge in [0.15, 0.2) is 0 Å². The zero-order chi connectivity index (χ0) is 17.6. The highest BCUT2D eigenvalue weighted by atomic mass is 16.5. The summed E-state index contributed by atoms with van der Waals surface area (Å²) in [6.07, 6.45) is 4.13. The van der Waals surface area contributed by atoms with Crippen molar-refractivity contribution >= 4 is 17.4 Å². The van der Waals surface area contributed by atoms with Crippen LogP contribution in [0, 0.1) is 0 Å². The van der Waals surface area contributed by atoms with E-state index in [1.54, 1.807) is 11.0 Å². The van der Waals surface area contributed by atoms with Gasteiger partial charge < -0.3 is 14.5 Å². The molecule has 1 aromatic carbocycles. The van der Waals surface area contributed by atoms with Gasteiger partial charge in [0, 0.05) is 25.7 Å². The third kappa shape index (κ3) is 4.10. The highest BCUT2D eigenvalue weighted by molar-refractivity contribution is 5.98. The number of amides is 2. The molecule has 2 fully saturated rings. The van der Waals surface area contributed by atoms with Crippen LogP contribution in [0.15, 0.2) is 36.4 Å². The van der Waals surface area contributed by atoms with Gasteiger partial charge in [-0.3, -0.25) is 9.59 Å². The number of hydrogen-bond donors (Lipinski definition) is 0. The minimum Gasteiger partial charge on any atom is -0.378 e. The topological polar surface area (TPSA) is 49.9 Å². The molecule has 1 aromatic rings. The molecular weight excluding hydrogens is 316 g/mol. The van der Waals surface area contributed by atoms with Crippen molar-refractivity contribution in [3.05, 3.63) is 42.0 Å². The van der Waals surface area contributed by atoms with Crippen molar-refractivity contribution in [2.24, 2.45) is 0 Å². The van der Waals surface area contributed by atoms with Crippen molar-refractivity contribution in [3.63, 3.8) is 0 Å². The molecule has 0 unspecified atom stereocenters. The summed E-state index contributed by atoms with van der Waals surface area (Å²) in [7, 11) is 0. The van der Waals surface area contributed by atoms with E-state index in [-0.39, 0.29) is 17.9 Å². The lowest BCUT2D eigenvalue weighted by molar-refractivity contribution is -0.144. The van der Waals surface area contributed by atoms with Gasteiger partial charge in [0.1, 0.15) is 6.04 Å². The van der Waals surface area contributed by atoms with Gasteiger partial charge in [-0.05, 0) is 30.4 Å². The Kier molecular flexibility index (Phi) is 5.87. The van der Waals surface area contributed by atoms with Gasteiger partial charge in [0.05, 0.1) is 13.2 Å². The van der Waals surface area contributed by atoms with Crippen LogP contribution in [0.5, 0.6) is 0 Å². The molecule has 2 amide bonds. The molecule has 0 spiro atoms. The zero-order valence-electron chi connectivity index (χ0n) is 14.8. The largest absolute Gasteiger partial charge is 0.378 e. The molecular formula is C20H26N2O3. The molecule has 2 saturated heterocycles. The molecule has 0 bridgehead atoms. The number of benzene rings is 1. The molecule has 0 aromatic heterocycles. The maximum Gasteiger partial charge on any atom is 0.247 e. The molecule has 0 saturated carbocycles. The Labute approximate surface area is 149 Å². The highest BCUT2D eigenvalue weighted by Crippen LogP contribution is 2.23. The summed E-state index contributed by atoms with van der Waals surface area (Å²) in [5, 5.41) is 0. The fourth-order valence-electron chi connectivity index (χ4n) is 3.56. The Bertz CT molecular complexity index is 636. The minimum atomic E-state index is -0.323. The SMILES string of the molecule is CC/C(=C\C(=O)N1CCC[C@H]1C(=O)N1CCOCC1)c1ccccc1. The van der Waals surface area contributed by atoms with Crippen molar-refractivity contribution in [1.29, 1.82) is 0 Å². The molecule has 0 N–H and O–H groups in total. The lowest BCUT2D eigenvalue weighted by Gasteiger charge is -2.32. The average molecular weight is 342 g/mol. The predicted molar refractivity (Wildman–Crippen MR) is 96.8 cm³/mol. The van der Waals surface area contributed by atoms with Crippen LogP contribution in [0.1, 0.15) is 31.7 Å². The molecule has 25 heavy (non-hydrogen) atoms. The van der Waals surface area contributed by atoms with Crippen LogP contribution in [-0.2, 0) is 14.3 Å². The van der Waals surface area contributed by atoms with Crippen LogP contribution >= 0.6 is 0 Å². The number of allylic oxidation sites excluding steroid dienone is 1. The van der Waals surface area contributed by atoms with E-state index in [2.05, 4.69) is 0 Å². The number of carbonyl (C=O) groups is 2. The second-order valence-corrected chi connectivity index (χ2v) is 6.52. The molecule has 134 valence electrons. The molecule has 0 radical (unpaired) electrons. The van der Waals surface area contributed by atoms with Gasteiger partial charge in [0.25, 0.3) is 0 Å². The lowest BCUT2D eigenvalue weighted by atomic mass is 10.0. The van der Waals surface area contributed by atoms with Crippen LogP contribution < -0.4 is 0 Å². The summed E-state index contributed by atoms with van der Waals surface area (Å²) in [5.74, 6) is 0.0186. The minimum absolute atomic E-state index is 0.0511. The lowest BCUT2D eigenvalue weighted by Crippen LogP contribution is -2.50. The summed E-state index contributed by atoms with van der Waals surface area (Å²) in [6, 6.07) is 9.63. The predicted octanol–water partition coefficient (Wildman–Crippen LogP) is 2.33. The van der Waals surface area contributed by atoms with E-state index in [1.807, 2.05) is 42.2 Å². The fourth-order valence-corrected chi connectivity index (χ4v) is 3.56. The maximum atomic E-state index is 12.8. The first-order valence-electron chi connectivity index (χ1n) is 9.14. The first-order chi connectivity index (χ1) is 12.2. The highest BCUT2D eigenvalue weighted by Gasteiger charge is 2.36. The normalized spacial score (nSPS) is 21.5. The van der Waals surface area contributed by atoms with Gasteiger partial charge in [-0.2, -0.15) is 0 Å². The standard InChI is InChI=1S/C20H26N2O3/c1-2-16(17-7-4-3-5-8-17)15-19(23)22-10-6-9-18(22)20(24)21-11-13-25-14-12-21/h3-5,7-8,15,18H,2,6,9-14H2,1H3/b16-15+/t18-/m0/s1. The first kappa shape index (κ1) is 17.7. The summed E-state index contributed by atoms with van der Waals surface area (Å²) in [4.78, 5) is 29.2. The Morgan fingerprint density at radius 2 is 1.88 bits per heavy atom. The van der Waals surface area contributed by atoms with Crippen LogP contribution in [0.4, 0.5) is 0 Å². The van der Waals surface area contributed by atoms with E-state index < -0.39 is 0 Å². The van der Waals surface area contributed by atoms with Crippen LogP contribution in [0.25, 0.3) is 5.57 Å². The number of hydrogen-bond acceptors (Lipinski definition) is 3. The van der Waals surface area contributed by atoms with Crippen LogP contribution in [-0.4, -0.2) is 60.5 Å². The van der Waals surface area contributed by atoms with Crippen LogP contribution in [0.3, 0.4) is 0 Å². The van der Waals surface area contributed by atoms with E-state index in [0.29, 0.717) is 32.8 Å². The molecule has 2 aliphatic rings. The number of ether oxygens (including phenoxy) is 1. The summed E-state index contributed by atoms with van der Waals surface area (Å²) in [6.45, 7) is 5.11. The third-order valence-corrected chi connectivity index (χ3v) is 4.97. The van der Waals surface area contributed by atoms with E-state index in [1.165, 1.54) is 0 Å². The summed E-state index contributed by atoms with van der Waals surface area (Å²) < 4.78 is 5.32. The Morgan fingerprint density at radius 1 is 1.16 bits per heavy atom. The van der Waals surface area contributed by atoms with Crippen LogP contribution in [0.2, 0.25) is 0 Å². The third-order valence-electron chi connectivity index (χ3n) is 4.97. The van der Waals surface area contributed by atoms with Crippen molar-refractivity contribution < 1.29 is 14.3 Å². The van der Waals surface area contributed by atoms with Gasteiger partial charge in [-0.15, -0.1) is 0 Å².